The highest BCUT2D eigenvalue weighted by Gasteiger charge is 2.49. The zero-order chi connectivity index (χ0) is 7.19. The second-order valence-electron chi connectivity index (χ2n) is 4.32. The number of hydrogen-bond acceptors (Lipinski definition) is 1. The third-order valence-corrected chi connectivity index (χ3v) is 3.13. The quantitative estimate of drug-likeness (QED) is 0.535. The van der Waals surface area contributed by atoms with E-state index in [1.54, 1.807) is 0 Å². The van der Waals surface area contributed by atoms with Crippen molar-refractivity contribution in [1.29, 1.82) is 0 Å². The highest BCUT2D eigenvalue weighted by molar-refractivity contribution is 5.02. The van der Waals surface area contributed by atoms with Crippen LogP contribution in [0.25, 0.3) is 0 Å². The summed E-state index contributed by atoms with van der Waals surface area (Å²) in [5.74, 6) is 1.03. The van der Waals surface area contributed by atoms with Crippen LogP contribution in [0.4, 0.5) is 0 Å². The molecular weight excluding hydrogens is 122 g/mol. The first-order valence-corrected chi connectivity index (χ1v) is 4.46. The second kappa shape index (κ2) is 1.97. The van der Waals surface area contributed by atoms with Crippen molar-refractivity contribution in [1.82, 2.24) is 4.90 Å². The van der Waals surface area contributed by atoms with Gasteiger partial charge in [0.1, 0.15) is 0 Å². The van der Waals surface area contributed by atoms with Crippen LogP contribution in [0.1, 0.15) is 26.7 Å². The van der Waals surface area contributed by atoms with Gasteiger partial charge in [-0.3, -0.25) is 0 Å². The van der Waals surface area contributed by atoms with E-state index in [1.165, 1.54) is 32.5 Å². The number of likely N-dealkylation sites (tertiary alicyclic amines) is 1. The van der Waals surface area contributed by atoms with E-state index in [1.807, 2.05) is 0 Å². The molecule has 0 radical (unpaired) electrons. The van der Waals surface area contributed by atoms with Gasteiger partial charge >= 0.3 is 0 Å². The van der Waals surface area contributed by atoms with Crippen LogP contribution < -0.4 is 0 Å². The van der Waals surface area contributed by atoms with Gasteiger partial charge in [-0.15, -0.1) is 0 Å². The minimum absolute atomic E-state index is 0.815. The summed E-state index contributed by atoms with van der Waals surface area (Å²) in [4.78, 5) is 2.55. The number of nitrogens with zero attached hydrogens (tertiary/aromatic N) is 1. The molecule has 2 aliphatic rings. The summed E-state index contributed by atoms with van der Waals surface area (Å²) in [5.41, 5.74) is 0.815. The normalized spacial score (nSPS) is 31.8. The van der Waals surface area contributed by atoms with Gasteiger partial charge in [0.15, 0.2) is 0 Å². The Bertz CT molecular complexity index is 128. The molecule has 10 heavy (non-hydrogen) atoms. The molecule has 1 spiro atoms. The molecule has 1 heteroatoms. The lowest BCUT2D eigenvalue weighted by Gasteiger charge is -2.58. The molecule has 1 saturated carbocycles. The summed E-state index contributed by atoms with van der Waals surface area (Å²) < 4.78 is 0. The zero-order valence-corrected chi connectivity index (χ0v) is 7.06. The molecule has 0 aromatic rings. The third kappa shape index (κ3) is 0.800. The van der Waals surface area contributed by atoms with E-state index in [0.717, 1.165) is 11.3 Å². The van der Waals surface area contributed by atoms with Crippen LogP contribution in [0.5, 0.6) is 0 Å². The average Bonchev–Trinajstić information content (AvgIpc) is 1.74. The van der Waals surface area contributed by atoms with E-state index in [2.05, 4.69) is 18.7 Å². The van der Waals surface area contributed by atoms with Crippen molar-refractivity contribution in [3.8, 4) is 0 Å². The van der Waals surface area contributed by atoms with E-state index in [-0.39, 0.29) is 0 Å². The maximum Gasteiger partial charge on any atom is 0.00506 e. The van der Waals surface area contributed by atoms with E-state index >= 15 is 0 Å². The largest absolute Gasteiger partial charge is 0.302 e. The predicted molar refractivity (Wildman–Crippen MR) is 42.9 cm³/mol. The summed E-state index contributed by atoms with van der Waals surface area (Å²) >= 11 is 0. The van der Waals surface area contributed by atoms with Crippen molar-refractivity contribution in [3.63, 3.8) is 0 Å². The lowest BCUT2D eigenvalue weighted by Crippen LogP contribution is -2.61. The molecule has 0 bridgehead atoms. The molecule has 1 aliphatic heterocycles. The van der Waals surface area contributed by atoms with Crippen LogP contribution in [0.15, 0.2) is 0 Å². The molecule has 2 fully saturated rings. The summed E-state index contributed by atoms with van der Waals surface area (Å²) in [6.07, 6.45) is 3.01. The molecule has 1 heterocycles. The lowest BCUT2D eigenvalue weighted by molar-refractivity contribution is -0.0863. The van der Waals surface area contributed by atoms with Gasteiger partial charge in [0, 0.05) is 13.1 Å². The van der Waals surface area contributed by atoms with Crippen LogP contribution in [0.3, 0.4) is 0 Å². The zero-order valence-electron chi connectivity index (χ0n) is 7.06. The first-order valence-electron chi connectivity index (χ1n) is 4.46. The fourth-order valence-corrected chi connectivity index (χ4v) is 2.80. The average molecular weight is 139 g/mol. The first-order chi connectivity index (χ1) is 4.74. The van der Waals surface area contributed by atoms with Crippen molar-refractivity contribution >= 4 is 0 Å². The Morgan fingerprint density at radius 1 is 1.40 bits per heavy atom. The Morgan fingerprint density at radius 3 is 2.40 bits per heavy atom. The van der Waals surface area contributed by atoms with E-state index in [4.69, 9.17) is 0 Å². The maximum atomic E-state index is 2.55. The van der Waals surface area contributed by atoms with Gasteiger partial charge in [-0.25, -0.2) is 0 Å². The molecule has 0 atom stereocenters. The summed E-state index contributed by atoms with van der Waals surface area (Å²) in [7, 11) is 0. The fourth-order valence-electron chi connectivity index (χ4n) is 2.80. The maximum absolute atomic E-state index is 2.55. The van der Waals surface area contributed by atoms with Crippen LogP contribution in [0, 0.1) is 11.3 Å². The Balaban J connectivity index is 1.80. The Hall–Kier alpha value is -0.0400. The summed E-state index contributed by atoms with van der Waals surface area (Å²) in [5, 5.41) is 0. The molecule has 1 nitrogen and oxygen atoms in total. The molecule has 1 saturated heterocycles. The highest BCUT2D eigenvalue weighted by atomic mass is 15.2. The van der Waals surface area contributed by atoms with E-state index in [0.29, 0.717) is 0 Å². The topological polar surface area (TPSA) is 3.24 Å². The summed E-state index contributed by atoms with van der Waals surface area (Å²) in [6, 6.07) is 0. The van der Waals surface area contributed by atoms with Crippen molar-refractivity contribution < 1.29 is 0 Å². The van der Waals surface area contributed by atoms with Crippen LogP contribution in [-0.4, -0.2) is 24.5 Å². The van der Waals surface area contributed by atoms with Crippen molar-refractivity contribution in [2.45, 2.75) is 26.7 Å². The standard InChI is InChI=1S/C9H17N/c1-3-10-6-9(7-10)4-8(2)5-9/h8H,3-7H2,1-2H3. The third-order valence-electron chi connectivity index (χ3n) is 3.13. The molecule has 0 aromatic carbocycles. The highest BCUT2D eigenvalue weighted by Crippen LogP contribution is 2.51. The molecule has 0 unspecified atom stereocenters. The number of rotatable bonds is 1. The Kier molecular flexibility index (Phi) is 1.31. The van der Waals surface area contributed by atoms with Gasteiger partial charge in [0.25, 0.3) is 0 Å². The lowest BCUT2D eigenvalue weighted by atomic mass is 9.58. The van der Waals surface area contributed by atoms with Crippen LogP contribution >= 0.6 is 0 Å². The molecular formula is C9H17N. The molecule has 0 amide bonds. The van der Waals surface area contributed by atoms with Gasteiger partial charge < -0.3 is 4.90 Å². The Morgan fingerprint density at radius 2 is 2.00 bits per heavy atom. The fraction of sp³-hybridized carbons (Fsp3) is 1.00. The van der Waals surface area contributed by atoms with Gasteiger partial charge in [0.2, 0.25) is 0 Å². The van der Waals surface area contributed by atoms with Crippen LogP contribution in [0.2, 0.25) is 0 Å². The SMILES string of the molecule is CCN1CC2(CC(C)C2)C1. The van der Waals surface area contributed by atoms with Crippen molar-refractivity contribution in [2.75, 3.05) is 19.6 Å². The predicted octanol–water partition coefficient (Wildman–Crippen LogP) is 1.74. The van der Waals surface area contributed by atoms with E-state index < -0.39 is 0 Å². The van der Waals surface area contributed by atoms with Crippen LogP contribution in [-0.2, 0) is 0 Å². The van der Waals surface area contributed by atoms with Crippen molar-refractivity contribution in [3.05, 3.63) is 0 Å². The van der Waals surface area contributed by atoms with Gasteiger partial charge in [-0.05, 0) is 30.7 Å². The molecule has 0 N–H and O–H groups in total. The molecule has 1 aliphatic carbocycles. The second-order valence-corrected chi connectivity index (χ2v) is 4.32. The number of hydrogen-bond donors (Lipinski definition) is 0. The van der Waals surface area contributed by atoms with Gasteiger partial charge in [-0.1, -0.05) is 13.8 Å². The Labute approximate surface area is 63.4 Å². The minimum Gasteiger partial charge on any atom is -0.302 e. The van der Waals surface area contributed by atoms with Crippen molar-refractivity contribution in [2.24, 2.45) is 11.3 Å². The molecule has 58 valence electrons. The monoisotopic (exact) mass is 139 g/mol. The smallest absolute Gasteiger partial charge is 0.00506 e. The summed E-state index contributed by atoms with van der Waals surface area (Å²) in [6.45, 7) is 8.69. The molecule has 0 aromatic heterocycles. The minimum atomic E-state index is 0.815. The molecule has 2 rings (SSSR count). The van der Waals surface area contributed by atoms with Gasteiger partial charge in [0.05, 0.1) is 0 Å². The van der Waals surface area contributed by atoms with E-state index in [9.17, 15) is 0 Å². The first kappa shape index (κ1) is 6.66. The van der Waals surface area contributed by atoms with Gasteiger partial charge in [-0.2, -0.15) is 0 Å².